The van der Waals surface area contributed by atoms with Crippen LogP contribution in [0.2, 0.25) is 0 Å². The molecule has 0 unspecified atom stereocenters. The van der Waals surface area contributed by atoms with Gasteiger partial charge in [0, 0.05) is 12.5 Å². The molecule has 19 heavy (non-hydrogen) atoms. The van der Waals surface area contributed by atoms with Crippen molar-refractivity contribution in [3.8, 4) is 0 Å². The number of rotatable bonds is 6. The SMILES string of the molecule is CN1CCC(N(C)CCCC(=O)c2cccs2)CC1. The first-order valence-electron chi connectivity index (χ1n) is 7.12. The summed E-state index contributed by atoms with van der Waals surface area (Å²) in [6, 6.07) is 4.57. The van der Waals surface area contributed by atoms with Gasteiger partial charge in [-0.1, -0.05) is 6.07 Å². The van der Waals surface area contributed by atoms with Crippen LogP contribution in [-0.4, -0.2) is 55.4 Å². The second-order valence-corrected chi connectivity index (χ2v) is 6.47. The van der Waals surface area contributed by atoms with Crippen molar-refractivity contribution in [1.29, 1.82) is 0 Å². The molecule has 0 spiro atoms. The van der Waals surface area contributed by atoms with Crippen molar-refractivity contribution in [3.05, 3.63) is 22.4 Å². The molecule has 0 radical (unpaired) electrons. The molecule has 0 amide bonds. The molecule has 2 heterocycles. The van der Waals surface area contributed by atoms with E-state index in [0.717, 1.165) is 17.8 Å². The number of hydrogen-bond donors (Lipinski definition) is 0. The minimum Gasteiger partial charge on any atom is -0.306 e. The number of piperidine rings is 1. The molecule has 0 aliphatic carbocycles. The van der Waals surface area contributed by atoms with Crippen molar-refractivity contribution < 1.29 is 4.79 Å². The van der Waals surface area contributed by atoms with Crippen molar-refractivity contribution in [2.75, 3.05) is 33.7 Å². The van der Waals surface area contributed by atoms with Gasteiger partial charge in [0.25, 0.3) is 0 Å². The zero-order valence-corrected chi connectivity index (χ0v) is 12.8. The highest BCUT2D eigenvalue weighted by Crippen LogP contribution is 2.16. The van der Waals surface area contributed by atoms with E-state index >= 15 is 0 Å². The Labute approximate surface area is 120 Å². The molecule has 0 atom stereocenters. The van der Waals surface area contributed by atoms with Gasteiger partial charge < -0.3 is 9.80 Å². The minimum absolute atomic E-state index is 0.298. The number of carbonyl (C=O) groups excluding carboxylic acids is 1. The Morgan fingerprint density at radius 2 is 2.21 bits per heavy atom. The predicted octanol–water partition coefficient (Wildman–Crippen LogP) is 2.74. The Bertz CT molecular complexity index is 383. The van der Waals surface area contributed by atoms with E-state index in [2.05, 4.69) is 23.9 Å². The first kappa shape index (κ1) is 14.7. The van der Waals surface area contributed by atoms with E-state index in [1.54, 1.807) is 11.3 Å². The average Bonchev–Trinajstić information content (AvgIpc) is 2.93. The highest BCUT2D eigenvalue weighted by molar-refractivity contribution is 7.12. The highest BCUT2D eigenvalue weighted by atomic mass is 32.1. The molecule has 1 aliphatic rings. The Balaban J connectivity index is 1.66. The quantitative estimate of drug-likeness (QED) is 0.749. The van der Waals surface area contributed by atoms with E-state index in [4.69, 9.17) is 0 Å². The number of nitrogens with zero attached hydrogens (tertiary/aromatic N) is 2. The maximum Gasteiger partial charge on any atom is 0.172 e. The summed E-state index contributed by atoms with van der Waals surface area (Å²) >= 11 is 1.55. The third kappa shape index (κ3) is 4.41. The molecule has 3 nitrogen and oxygen atoms in total. The Kier molecular flexibility index (Phi) is 5.55. The van der Waals surface area contributed by atoms with E-state index < -0.39 is 0 Å². The average molecular weight is 280 g/mol. The van der Waals surface area contributed by atoms with Crippen molar-refractivity contribution in [2.24, 2.45) is 0 Å². The van der Waals surface area contributed by atoms with Gasteiger partial charge in [-0.25, -0.2) is 0 Å². The van der Waals surface area contributed by atoms with Crippen LogP contribution in [0.5, 0.6) is 0 Å². The van der Waals surface area contributed by atoms with Gasteiger partial charge in [0.2, 0.25) is 0 Å². The van der Waals surface area contributed by atoms with Crippen LogP contribution in [0.25, 0.3) is 0 Å². The van der Waals surface area contributed by atoms with E-state index in [9.17, 15) is 4.79 Å². The van der Waals surface area contributed by atoms with Gasteiger partial charge in [-0.3, -0.25) is 4.79 Å². The lowest BCUT2D eigenvalue weighted by atomic mass is 10.0. The normalized spacial score (nSPS) is 18.1. The van der Waals surface area contributed by atoms with Crippen LogP contribution in [0, 0.1) is 0 Å². The molecule has 0 saturated carbocycles. The molecule has 0 N–H and O–H groups in total. The summed E-state index contributed by atoms with van der Waals surface area (Å²) in [4.78, 5) is 17.6. The van der Waals surface area contributed by atoms with Gasteiger partial charge in [-0.2, -0.15) is 0 Å². The van der Waals surface area contributed by atoms with Gasteiger partial charge >= 0.3 is 0 Å². The van der Waals surface area contributed by atoms with Gasteiger partial charge in [-0.15, -0.1) is 11.3 Å². The molecule has 1 aromatic rings. The smallest absolute Gasteiger partial charge is 0.172 e. The number of carbonyl (C=O) groups is 1. The van der Waals surface area contributed by atoms with Crippen LogP contribution < -0.4 is 0 Å². The number of likely N-dealkylation sites (tertiary alicyclic amines) is 1. The predicted molar refractivity (Wildman–Crippen MR) is 81.0 cm³/mol. The van der Waals surface area contributed by atoms with E-state index in [0.29, 0.717) is 18.2 Å². The molecule has 1 saturated heterocycles. The lowest BCUT2D eigenvalue weighted by molar-refractivity contribution is 0.0970. The fourth-order valence-electron chi connectivity index (χ4n) is 2.67. The summed E-state index contributed by atoms with van der Waals surface area (Å²) in [7, 11) is 4.39. The van der Waals surface area contributed by atoms with Crippen LogP contribution in [0.4, 0.5) is 0 Å². The van der Waals surface area contributed by atoms with Gasteiger partial charge in [0.1, 0.15) is 0 Å². The standard InChI is InChI=1S/C15H24N2OS/c1-16-10-7-13(8-11-16)17(2)9-3-5-14(18)15-6-4-12-19-15/h4,6,12-13H,3,5,7-11H2,1-2H3. The van der Waals surface area contributed by atoms with Crippen molar-refractivity contribution in [1.82, 2.24) is 9.80 Å². The Morgan fingerprint density at radius 3 is 2.84 bits per heavy atom. The fourth-order valence-corrected chi connectivity index (χ4v) is 3.36. The number of ketones is 1. The summed E-state index contributed by atoms with van der Waals surface area (Å²) in [6.45, 7) is 3.43. The zero-order chi connectivity index (χ0) is 13.7. The highest BCUT2D eigenvalue weighted by Gasteiger charge is 2.20. The maximum atomic E-state index is 11.9. The molecule has 106 valence electrons. The molecule has 1 fully saturated rings. The van der Waals surface area contributed by atoms with Crippen LogP contribution in [0.15, 0.2) is 17.5 Å². The van der Waals surface area contributed by atoms with Crippen molar-refractivity contribution in [3.63, 3.8) is 0 Å². The summed E-state index contributed by atoms with van der Waals surface area (Å²) in [6.07, 6.45) is 4.16. The van der Waals surface area contributed by atoms with Crippen LogP contribution in [0.1, 0.15) is 35.4 Å². The largest absolute Gasteiger partial charge is 0.306 e. The second kappa shape index (κ2) is 7.17. The lowest BCUT2D eigenvalue weighted by Gasteiger charge is -2.35. The number of hydrogen-bond acceptors (Lipinski definition) is 4. The molecular weight excluding hydrogens is 256 g/mol. The van der Waals surface area contributed by atoms with Crippen molar-refractivity contribution >= 4 is 17.1 Å². The molecule has 0 aromatic carbocycles. The van der Waals surface area contributed by atoms with Gasteiger partial charge in [0.05, 0.1) is 4.88 Å². The van der Waals surface area contributed by atoms with Crippen LogP contribution in [0.3, 0.4) is 0 Å². The summed E-state index contributed by atoms with van der Waals surface area (Å²) in [5.41, 5.74) is 0. The van der Waals surface area contributed by atoms with Crippen molar-refractivity contribution in [2.45, 2.75) is 31.7 Å². The lowest BCUT2D eigenvalue weighted by Crippen LogP contribution is -2.42. The third-order valence-electron chi connectivity index (χ3n) is 4.02. The summed E-state index contributed by atoms with van der Waals surface area (Å²) in [5, 5.41) is 1.97. The number of Topliss-reactive ketones (excluding diaryl/α,β-unsaturated/α-hetero) is 1. The summed E-state index contributed by atoms with van der Waals surface area (Å²) in [5.74, 6) is 0.298. The molecule has 1 aromatic heterocycles. The molecule has 4 heteroatoms. The Hall–Kier alpha value is -0.710. The number of thiophene rings is 1. The third-order valence-corrected chi connectivity index (χ3v) is 4.93. The summed E-state index contributed by atoms with van der Waals surface area (Å²) < 4.78 is 0. The van der Waals surface area contributed by atoms with Gasteiger partial charge in [0.15, 0.2) is 5.78 Å². The fraction of sp³-hybridized carbons (Fsp3) is 0.667. The van der Waals surface area contributed by atoms with Crippen LogP contribution >= 0.6 is 11.3 Å². The Morgan fingerprint density at radius 1 is 1.47 bits per heavy atom. The van der Waals surface area contributed by atoms with Crippen LogP contribution in [-0.2, 0) is 0 Å². The second-order valence-electron chi connectivity index (χ2n) is 5.52. The molecular formula is C15H24N2OS. The molecule has 2 rings (SSSR count). The molecule has 1 aliphatic heterocycles. The van der Waals surface area contributed by atoms with E-state index in [1.165, 1.54) is 25.9 Å². The molecule has 0 bridgehead atoms. The van der Waals surface area contributed by atoms with E-state index in [1.807, 2.05) is 17.5 Å². The monoisotopic (exact) mass is 280 g/mol. The first-order valence-corrected chi connectivity index (χ1v) is 8.00. The maximum absolute atomic E-state index is 11.9. The zero-order valence-electron chi connectivity index (χ0n) is 12.0. The minimum atomic E-state index is 0.298. The van der Waals surface area contributed by atoms with Gasteiger partial charge in [-0.05, 0) is 64.4 Å². The van der Waals surface area contributed by atoms with E-state index in [-0.39, 0.29) is 0 Å². The first-order chi connectivity index (χ1) is 9.16. The topological polar surface area (TPSA) is 23.6 Å².